The lowest BCUT2D eigenvalue weighted by molar-refractivity contribution is 0.150. The van der Waals surface area contributed by atoms with Gasteiger partial charge in [0.25, 0.3) is 0 Å². The van der Waals surface area contributed by atoms with Gasteiger partial charge in [0.15, 0.2) is 0 Å². The first-order chi connectivity index (χ1) is 23.8. The van der Waals surface area contributed by atoms with Crippen LogP contribution in [-0.2, 0) is 4.74 Å². The second-order valence-electron chi connectivity index (χ2n) is 11.6. The Hall–Kier alpha value is -6.53. The van der Waals surface area contributed by atoms with Gasteiger partial charge in [-0.1, -0.05) is 103 Å². The van der Waals surface area contributed by atoms with Crippen LogP contribution in [0.2, 0.25) is 0 Å². The number of hydrogen-bond acceptors (Lipinski definition) is 6. The van der Waals surface area contributed by atoms with Crippen LogP contribution in [0.5, 0.6) is 0 Å². The molecule has 1 aliphatic heterocycles. The summed E-state index contributed by atoms with van der Waals surface area (Å²) in [5, 5.41) is 7.56. The summed E-state index contributed by atoms with van der Waals surface area (Å²) in [6, 6.07) is 46.5. The maximum atomic E-state index is 5.78. The Morgan fingerprint density at radius 3 is 1.96 bits per heavy atom. The lowest BCUT2D eigenvalue weighted by Gasteiger charge is -2.19. The van der Waals surface area contributed by atoms with E-state index in [1.165, 1.54) is 11.1 Å². The van der Waals surface area contributed by atoms with E-state index >= 15 is 0 Å². The molecule has 6 heteroatoms. The molecule has 0 fully saturated rings. The fraction of sp³-hybridized carbons (Fsp3) is 0.0238. The topological polar surface area (TPSA) is 73.1 Å². The van der Waals surface area contributed by atoms with Crippen LogP contribution in [0.1, 0.15) is 11.9 Å². The van der Waals surface area contributed by atoms with Crippen molar-refractivity contribution in [2.45, 2.75) is 6.23 Å². The van der Waals surface area contributed by atoms with Gasteiger partial charge in [-0.3, -0.25) is 0 Å². The van der Waals surface area contributed by atoms with Crippen LogP contribution in [-0.4, -0.2) is 15.0 Å². The Kier molecular flexibility index (Phi) is 6.75. The van der Waals surface area contributed by atoms with Gasteiger partial charge in [-0.15, -0.1) is 0 Å². The molecule has 3 aromatic heterocycles. The van der Waals surface area contributed by atoms with Crippen molar-refractivity contribution in [1.29, 1.82) is 0 Å². The molecule has 228 valence electrons. The molecule has 0 spiro atoms. The van der Waals surface area contributed by atoms with Gasteiger partial charge in [0.2, 0.25) is 12.1 Å². The number of pyridine rings is 2. The third-order valence-electron chi connectivity index (χ3n) is 8.83. The van der Waals surface area contributed by atoms with Crippen molar-refractivity contribution in [1.82, 2.24) is 20.3 Å². The Bertz CT molecular complexity index is 2460. The predicted molar refractivity (Wildman–Crippen MR) is 190 cm³/mol. The fourth-order valence-electron chi connectivity index (χ4n) is 6.72. The Labute approximate surface area is 277 Å². The first-order valence-electron chi connectivity index (χ1n) is 15.9. The number of hydrogen-bond donors (Lipinski definition) is 1. The highest BCUT2D eigenvalue weighted by Crippen LogP contribution is 2.45. The minimum absolute atomic E-state index is 0.336. The van der Waals surface area contributed by atoms with Crippen molar-refractivity contribution in [2.75, 3.05) is 0 Å². The van der Waals surface area contributed by atoms with E-state index in [1.54, 1.807) is 24.9 Å². The van der Waals surface area contributed by atoms with Crippen molar-refractivity contribution in [3.05, 3.63) is 164 Å². The highest BCUT2D eigenvalue weighted by Gasteiger charge is 2.22. The third kappa shape index (κ3) is 4.79. The lowest BCUT2D eigenvalue weighted by atomic mass is 9.86. The van der Waals surface area contributed by atoms with Crippen LogP contribution in [0.4, 0.5) is 0 Å². The van der Waals surface area contributed by atoms with Crippen molar-refractivity contribution >= 4 is 21.5 Å². The van der Waals surface area contributed by atoms with Gasteiger partial charge in [0.05, 0.1) is 17.6 Å². The average molecular weight is 621 g/mol. The zero-order chi connectivity index (χ0) is 31.9. The van der Waals surface area contributed by atoms with E-state index in [-0.39, 0.29) is 6.23 Å². The minimum atomic E-state index is -0.336. The van der Waals surface area contributed by atoms with E-state index in [9.17, 15) is 0 Å². The van der Waals surface area contributed by atoms with Crippen molar-refractivity contribution < 1.29 is 9.15 Å². The summed E-state index contributed by atoms with van der Waals surface area (Å²) in [7, 11) is 0. The molecule has 48 heavy (non-hydrogen) atoms. The van der Waals surface area contributed by atoms with Gasteiger partial charge < -0.3 is 14.5 Å². The van der Waals surface area contributed by atoms with Crippen molar-refractivity contribution in [2.24, 2.45) is 0 Å². The molecule has 0 saturated carbocycles. The molecule has 6 nitrogen and oxygen atoms in total. The number of benzene rings is 5. The molecule has 4 heterocycles. The summed E-state index contributed by atoms with van der Waals surface area (Å²) >= 11 is 0. The number of ether oxygens (including phenoxy) is 1. The maximum Gasteiger partial charge on any atom is 0.245 e. The average Bonchev–Trinajstić information content (AvgIpc) is 3.90. The van der Waals surface area contributed by atoms with E-state index < -0.39 is 0 Å². The second-order valence-corrected chi connectivity index (χ2v) is 11.6. The maximum absolute atomic E-state index is 5.78. The fourth-order valence-corrected chi connectivity index (χ4v) is 6.72. The summed E-state index contributed by atoms with van der Waals surface area (Å²) < 4.78 is 11.4. The van der Waals surface area contributed by atoms with E-state index in [2.05, 4.69) is 119 Å². The van der Waals surface area contributed by atoms with Crippen molar-refractivity contribution in [3.63, 3.8) is 0 Å². The molecule has 1 unspecified atom stereocenters. The number of nitrogens with one attached hydrogen (secondary N) is 1. The number of oxazole rings is 1. The highest BCUT2D eigenvalue weighted by molar-refractivity contribution is 6.21. The van der Waals surface area contributed by atoms with Gasteiger partial charge in [-0.25, -0.2) is 15.0 Å². The second kappa shape index (κ2) is 11.7. The van der Waals surface area contributed by atoms with Crippen LogP contribution in [0, 0.1) is 0 Å². The molecule has 1 atom stereocenters. The first-order valence-corrected chi connectivity index (χ1v) is 15.9. The summed E-state index contributed by atoms with van der Waals surface area (Å²) in [6.07, 6.45) is 6.34. The van der Waals surface area contributed by atoms with Crippen LogP contribution in [0.25, 0.3) is 77.9 Å². The van der Waals surface area contributed by atoms with Gasteiger partial charge in [0.1, 0.15) is 23.9 Å². The molecule has 9 rings (SSSR count). The van der Waals surface area contributed by atoms with E-state index in [4.69, 9.17) is 19.1 Å². The Morgan fingerprint density at radius 1 is 0.542 bits per heavy atom. The van der Waals surface area contributed by atoms with E-state index in [0.29, 0.717) is 11.6 Å². The number of fused-ring (bicyclic) bond motifs is 2. The Morgan fingerprint density at radius 2 is 1.21 bits per heavy atom. The number of nitrogens with zero attached hydrogens (tertiary/aromatic N) is 3. The first kappa shape index (κ1) is 27.8. The van der Waals surface area contributed by atoms with Crippen LogP contribution in [0.15, 0.2) is 163 Å². The third-order valence-corrected chi connectivity index (χ3v) is 8.83. The van der Waals surface area contributed by atoms with Crippen molar-refractivity contribution in [3.8, 4) is 56.4 Å². The van der Waals surface area contributed by atoms with Gasteiger partial charge in [-0.05, 0) is 74.1 Å². The lowest BCUT2D eigenvalue weighted by Crippen LogP contribution is -2.13. The summed E-state index contributed by atoms with van der Waals surface area (Å²) in [4.78, 5) is 14.6. The molecule has 1 N–H and O–H groups in total. The predicted octanol–water partition coefficient (Wildman–Crippen LogP) is 10.2. The largest absolute Gasteiger partial charge is 0.471 e. The number of rotatable bonds is 6. The highest BCUT2D eigenvalue weighted by atomic mass is 16.5. The van der Waals surface area contributed by atoms with Gasteiger partial charge >= 0.3 is 0 Å². The molecule has 0 radical (unpaired) electrons. The van der Waals surface area contributed by atoms with E-state index in [1.807, 2.05) is 24.3 Å². The molecule has 0 aliphatic carbocycles. The summed E-state index contributed by atoms with van der Waals surface area (Å²) in [5.41, 5.74) is 9.92. The zero-order valence-corrected chi connectivity index (χ0v) is 25.7. The monoisotopic (exact) mass is 620 g/mol. The normalized spacial score (nSPS) is 13.9. The molecule has 0 saturated heterocycles. The number of aromatic nitrogens is 3. The molecule has 0 amide bonds. The SMILES string of the molecule is C1=COC(c2cccc(-c3c4ccccc4c(-c4cccc(-c5ncco5)n4)c4ccc(-c5ccccc5-c5ccccc5)cc34)n2)N1. The van der Waals surface area contributed by atoms with E-state index in [0.717, 1.165) is 60.9 Å². The molecule has 0 bridgehead atoms. The van der Waals surface area contributed by atoms with Crippen LogP contribution >= 0.6 is 0 Å². The van der Waals surface area contributed by atoms with Gasteiger partial charge in [-0.2, -0.15) is 0 Å². The quantitative estimate of drug-likeness (QED) is 0.187. The molecule has 8 aromatic rings. The van der Waals surface area contributed by atoms with Crippen LogP contribution < -0.4 is 5.32 Å². The Balaban J connectivity index is 1.35. The van der Waals surface area contributed by atoms with Crippen LogP contribution in [0.3, 0.4) is 0 Å². The molecule has 5 aromatic carbocycles. The smallest absolute Gasteiger partial charge is 0.245 e. The standard InChI is InChI=1S/C42H28N4O2/c1-2-10-27(11-3-1)29-12-4-5-13-30(29)28-20-21-33-34(26-28)40(36-17-9-19-38(46-36)42-44-23-25-48-42)32-15-7-6-14-31(32)39(33)35-16-8-18-37(45-35)41-43-22-24-47-41/h1-26,42,44H. The summed E-state index contributed by atoms with van der Waals surface area (Å²) in [5.74, 6) is 0.486. The molecular weight excluding hydrogens is 592 g/mol. The molecule has 1 aliphatic rings. The minimum Gasteiger partial charge on any atom is -0.471 e. The zero-order valence-electron chi connectivity index (χ0n) is 25.7. The summed E-state index contributed by atoms with van der Waals surface area (Å²) in [6.45, 7) is 0. The molecular formula is C42H28N4O2. The van der Waals surface area contributed by atoms with Gasteiger partial charge in [0, 0.05) is 17.3 Å².